The summed E-state index contributed by atoms with van der Waals surface area (Å²) in [5, 5.41) is 12.0. The van der Waals surface area contributed by atoms with Crippen LogP contribution in [0.2, 0.25) is 0 Å². The summed E-state index contributed by atoms with van der Waals surface area (Å²) >= 11 is 0. The van der Waals surface area contributed by atoms with Gasteiger partial charge in [-0.15, -0.1) is 0 Å². The van der Waals surface area contributed by atoms with Crippen LogP contribution >= 0.6 is 0 Å². The molecule has 0 amide bonds. The second-order valence-electron chi connectivity index (χ2n) is 5.55. The molecule has 0 aliphatic carbocycles. The molecule has 0 radical (unpaired) electrons. The smallest absolute Gasteiger partial charge is 0.304 e. The van der Waals surface area contributed by atoms with Crippen molar-refractivity contribution in [2.45, 2.75) is 25.3 Å². The lowest BCUT2D eigenvalue weighted by Crippen LogP contribution is -2.35. The Morgan fingerprint density at radius 3 is 2.38 bits per heavy atom. The van der Waals surface area contributed by atoms with Gasteiger partial charge in [-0.2, -0.15) is 0 Å². The summed E-state index contributed by atoms with van der Waals surface area (Å²) < 4.78 is 40.0. The molecule has 0 fully saturated rings. The third kappa shape index (κ3) is 5.38. The summed E-state index contributed by atoms with van der Waals surface area (Å²) in [5.74, 6) is -4.34. The third-order valence-electron chi connectivity index (χ3n) is 3.67. The van der Waals surface area contributed by atoms with Gasteiger partial charge in [-0.25, -0.2) is 13.2 Å². The Morgan fingerprint density at radius 2 is 1.71 bits per heavy atom. The minimum Gasteiger partial charge on any atom is -0.481 e. The number of rotatable bonds is 8. The first kappa shape index (κ1) is 18.0. The molecular weight excluding hydrogens is 319 g/mol. The van der Waals surface area contributed by atoms with Crippen molar-refractivity contribution in [1.29, 1.82) is 0 Å². The van der Waals surface area contributed by atoms with E-state index >= 15 is 0 Å². The first-order chi connectivity index (χ1) is 11.5. The van der Waals surface area contributed by atoms with E-state index in [1.165, 1.54) is 0 Å². The number of benzene rings is 2. The zero-order chi connectivity index (χ0) is 17.5. The number of nitrogens with one attached hydrogen (secondary N) is 1. The summed E-state index contributed by atoms with van der Waals surface area (Å²) in [7, 11) is 0. The molecule has 2 rings (SSSR count). The molecule has 0 aliphatic rings. The van der Waals surface area contributed by atoms with Crippen molar-refractivity contribution in [2.75, 3.05) is 6.54 Å². The van der Waals surface area contributed by atoms with E-state index in [1.807, 2.05) is 30.3 Å². The van der Waals surface area contributed by atoms with Crippen LogP contribution < -0.4 is 5.32 Å². The Balaban J connectivity index is 2.00. The second kappa shape index (κ2) is 8.49. The van der Waals surface area contributed by atoms with Crippen LogP contribution in [0.1, 0.15) is 17.5 Å². The quantitative estimate of drug-likeness (QED) is 0.727. The highest BCUT2D eigenvalue weighted by Crippen LogP contribution is 2.16. The standard InChI is InChI=1S/C18H18F3NO2/c19-15-11-17(21)16(20)9-13(15)8-14(10-18(23)24)22-7-6-12-4-2-1-3-5-12/h1-5,9,11,14,22H,6-8,10H2,(H,23,24). The lowest BCUT2D eigenvalue weighted by Gasteiger charge is -2.17. The molecule has 6 heteroatoms. The summed E-state index contributed by atoms with van der Waals surface area (Å²) in [5.41, 5.74) is 1.03. The fraction of sp³-hybridized carbons (Fsp3) is 0.278. The van der Waals surface area contributed by atoms with Gasteiger partial charge < -0.3 is 10.4 Å². The van der Waals surface area contributed by atoms with Crippen LogP contribution in [-0.4, -0.2) is 23.7 Å². The molecule has 0 spiro atoms. The van der Waals surface area contributed by atoms with Gasteiger partial charge in [0.2, 0.25) is 0 Å². The van der Waals surface area contributed by atoms with Crippen molar-refractivity contribution in [3.63, 3.8) is 0 Å². The summed E-state index contributed by atoms with van der Waals surface area (Å²) in [6.07, 6.45) is 0.397. The predicted octanol–water partition coefficient (Wildman–Crippen LogP) is 3.32. The van der Waals surface area contributed by atoms with Gasteiger partial charge in [0.05, 0.1) is 6.42 Å². The Bertz CT molecular complexity index is 692. The van der Waals surface area contributed by atoms with Gasteiger partial charge in [-0.05, 0) is 36.6 Å². The van der Waals surface area contributed by atoms with Gasteiger partial charge in [-0.3, -0.25) is 4.79 Å². The number of carboxylic acids is 1. The van der Waals surface area contributed by atoms with Crippen LogP contribution in [0.4, 0.5) is 13.2 Å². The van der Waals surface area contributed by atoms with Crippen LogP contribution in [0, 0.1) is 17.5 Å². The fourth-order valence-electron chi connectivity index (χ4n) is 2.48. The van der Waals surface area contributed by atoms with Crippen molar-refractivity contribution >= 4 is 5.97 Å². The molecular formula is C18H18F3NO2. The average Bonchev–Trinajstić information content (AvgIpc) is 2.53. The summed E-state index contributed by atoms with van der Waals surface area (Å²) in [6.45, 7) is 0.493. The molecule has 2 aromatic carbocycles. The summed E-state index contributed by atoms with van der Waals surface area (Å²) in [4.78, 5) is 11.0. The number of hydrogen-bond donors (Lipinski definition) is 2. The molecule has 24 heavy (non-hydrogen) atoms. The van der Waals surface area contributed by atoms with Gasteiger partial charge in [0.15, 0.2) is 11.6 Å². The fourth-order valence-corrected chi connectivity index (χ4v) is 2.48. The van der Waals surface area contributed by atoms with E-state index in [4.69, 9.17) is 5.11 Å². The molecule has 0 aromatic heterocycles. The molecule has 128 valence electrons. The monoisotopic (exact) mass is 337 g/mol. The maximum Gasteiger partial charge on any atom is 0.304 e. The van der Waals surface area contributed by atoms with Gasteiger partial charge in [0, 0.05) is 12.1 Å². The van der Waals surface area contributed by atoms with Gasteiger partial charge in [0.25, 0.3) is 0 Å². The minimum atomic E-state index is -1.26. The number of aliphatic carboxylic acids is 1. The maximum absolute atomic E-state index is 13.7. The molecule has 0 bridgehead atoms. The lowest BCUT2D eigenvalue weighted by molar-refractivity contribution is -0.137. The predicted molar refractivity (Wildman–Crippen MR) is 84.2 cm³/mol. The van der Waals surface area contributed by atoms with Gasteiger partial charge >= 0.3 is 5.97 Å². The SMILES string of the molecule is O=C(O)CC(Cc1cc(F)c(F)cc1F)NCCc1ccccc1. The van der Waals surface area contributed by atoms with Crippen molar-refractivity contribution in [3.8, 4) is 0 Å². The van der Waals surface area contributed by atoms with E-state index in [0.29, 0.717) is 19.0 Å². The van der Waals surface area contributed by atoms with Crippen LogP contribution in [0.3, 0.4) is 0 Å². The third-order valence-corrected chi connectivity index (χ3v) is 3.67. The number of halogens is 3. The first-order valence-corrected chi connectivity index (χ1v) is 7.58. The van der Waals surface area contributed by atoms with Crippen molar-refractivity contribution < 1.29 is 23.1 Å². The van der Waals surface area contributed by atoms with E-state index in [-0.39, 0.29) is 18.4 Å². The zero-order valence-corrected chi connectivity index (χ0v) is 12.9. The normalized spacial score (nSPS) is 12.1. The highest BCUT2D eigenvalue weighted by atomic mass is 19.2. The van der Waals surface area contributed by atoms with E-state index in [2.05, 4.69) is 5.32 Å². The number of carbonyl (C=O) groups is 1. The van der Waals surface area contributed by atoms with E-state index in [1.54, 1.807) is 0 Å². The van der Waals surface area contributed by atoms with Crippen LogP contribution in [0.25, 0.3) is 0 Å². The molecule has 0 aliphatic heterocycles. The lowest BCUT2D eigenvalue weighted by atomic mass is 10.0. The van der Waals surface area contributed by atoms with Crippen molar-refractivity contribution in [3.05, 3.63) is 71.0 Å². The van der Waals surface area contributed by atoms with E-state index in [9.17, 15) is 18.0 Å². The molecule has 0 saturated carbocycles. The highest BCUT2D eigenvalue weighted by Gasteiger charge is 2.17. The molecule has 1 atom stereocenters. The number of hydrogen-bond acceptors (Lipinski definition) is 2. The minimum absolute atomic E-state index is 0.0376. The maximum atomic E-state index is 13.7. The molecule has 1 unspecified atom stereocenters. The molecule has 3 nitrogen and oxygen atoms in total. The molecule has 0 heterocycles. The molecule has 2 N–H and O–H groups in total. The Morgan fingerprint density at radius 1 is 1.04 bits per heavy atom. The van der Waals surface area contributed by atoms with E-state index in [0.717, 1.165) is 11.6 Å². The van der Waals surface area contributed by atoms with Crippen molar-refractivity contribution in [2.24, 2.45) is 0 Å². The Kier molecular flexibility index (Phi) is 6.37. The summed E-state index contributed by atoms with van der Waals surface area (Å²) in [6, 6.07) is 10.3. The first-order valence-electron chi connectivity index (χ1n) is 7.58. The Labute approximate surface area is 138 Å². The van der Waals surface area contributed by atoms with Crippen LogP contribution in [0.5, 0.6) is 0 Å². The topological polar surface area (TPSA) is 49.3 Å². The van der Waals surface area contributed by atoms with Crippen LogP contribution in [-0.2, 0) is 17.6 Å². The highest BCUT2D eigenvalue weighted by molar-refractivity contribution is 5.67. The Hall–Kier alpha value is -2.34. The van der Waals surface area contributed by atoms with Gasteiger partial charge in [-0.1, -0.05) is 30.3 Å². The van der Waals surface area contributed by atoms with E-state index < -0.39 is 29.5 Å². The average molecular weight is 337 g/mol. The second-order valence-corrected chi connectivity index (χ2v) is 5.55. The number of carboxylic acid groups (broad SMARTS) is 1. The van der Waals surface area contributed by atoms with Crippen LogP contribution in [0.15, 0.2) is 42.5 Å². The van der Waals surface area contributed by atoms with Gasteiger partial charge in [0.1, 0.15) is 5.82 Å². The zero-order valence-electron chi connectivity index (χ0n) is 12.9. The van der Waals surface area contributed by atoms with Crippen molar-refractivity contribution in [1.82, 2.24) is 5.32 Å². The molecule has 0 saturated heterocycles. The largest absolute Gasteiger partial charge is 0.481 e. The molecule has 2 aromatic rings.